The Kier molecular flexibility index (Phi) is 5.42. The van der Waals surface area contributed by atoms with Gasteiger partial charge in [-0.3, -0.25) is 0 Å². The molecule has 0 fully saturated rings. The highest BCUT2D eigenvalue weighted by atomic mass is 28.3. The summed E-state index contributed by atoms with van der Waals surface area (Å²) in [5.41, 5.74) is 2.94. The van der Waals surface area contributed by atoms with Crippen molar-refractivity contribution < 1.29 is 9.84 Å². The number of aliphatic hydroxyl groups is 1. The predicted octanol–water partition coefficient (Wildman–Crippen LogP) is 5.04. The lowest BCUT2D eigenvalue weighted by Gasteiger charge is -2.16. The molecule has 0 aliphatic rings. The minimum absolute atomic E-state index is 0.554. The molecule has 1 atom stereocenters. The summed E-state index contributed by atoms with van der Waals surface area (Å²) in [4.78, 5) is 0. The maximum atomic E-state index is 10.8. The lowest BCUT2D eigenvalue weighted by atomic mass is 9.98. The molecule has 1 heterocycles. The molecule has 25 heavy (non-hydrogen) atoms. The first-order valence-corrected chi connectivity index (χ1v) is 12.5. The SMILES string of the molecule is C[Si](C)(C)CCOCn1ccc2c(C(O)c3ccccc3)cccc21. The Labute approximate surface area is 150 Å². The Morgan fingerprint density at radius 3 is 2.48 bits per heavy atom. The average Bonchev–Trinajstić information content (AvgIpc) is 3.01. The van der Waals surface area contributed by atoms with E-state index in [0.717, 1.165) is 28.6 Å². The van der Waals surface area contributed by atoms with E-state index in [0.29, 0.717) is 6.73 Å². The monoisotopic (exact) mass is 353 g/mol. The van der Waals surface area contributed by atoms with Gasteiger partial charge in [0.15, 0.2) is 0 Å². The van der Waals surface area contributed by atoms with Crippen LogP contribution in [0.4, 0.5) is 0 Å². The second-order valence-electron chi connectivity index (χ2n) is 7.73. The summed E-state index contributed by atoms with van der Waals surface area (Å²) in [6.45, 7) is 8.44. The first-order valence-electron chi connectivity index (χ1n) is 8.84. The van der Waals surface area contributed by atoms with Crippen molar-refractivity contribution >= 4 is 19.0 Å². The predicted molar refractivity (Wildman–Crippen MR) is 107 cm³/mol. The number of rotatable bonds is 7. The molecule has 1 N–H and O–H groups in total. The summed E-state index contributed by atoms with van der Waals surface area (Å²) >= 11 is 0. The molecule has 1 unspecified atom stereocenters. The maximum absolute atomic E-state index is 10.8. The summed E-state index contributed by atoms with van der Waals surface area (Å²) < 4.78 is 7.99. The number of benzene rings is 2. The number of aliphatic hydroxyl groups excluding tert-OH is 1. The number of fused-ring (bicyclic) bond motifs is 1. The van der Waals surface area contributed by atoms with Gasteiger partial charge in [0.05, 0.1) is 5.52 Å². The van der Waals surface area contributed by atoms with Gasteiger partial charge in [-0.15, -0.1) is 0 Å². The van der Waals surface area contributed by atoms with Crippen LogP contribution in [-0.4, -0.2) is 24.4 Å². The van der Waals surface area contributed by atoms with Crippen LogP contribution in [0, 0.1) is 0 Å². The summed E-state index contributed by atoms with van der Waals surface area (Å²) in [5.74, 6) is 0. The van der Waals surface area contributed by atoms with E-state index in [1.807, 2.05) is 48.7 Å². The molecule has 0 spiro atoms. The smallest absolute Gasteiger partial charge is 0.122 e. The minimum Gasteiger partial charge on any atom is -0.384 e. The van der Waals surface area contributed by atoms with E-state index in [1.54, 1.807) is 0 Å². The van der Waals surface area contributed by atoms with Crippen molar-refractivity contribution in [2.45, 2.75) is 38.5 Å². The molecule has 132 valence electrons. The van der Waals surface area contributed by atoms with E-state index in [9.17, 15) is 5.11 Å². The number of hydrogen-bond donors (Lipinski definition) is 1. The fourth-order valence-electron chi connectivity index (χ4n) is 2.95. The van der Waals surface area contributed by atoms with E-state index in [-0.39, 0.29) is 0 Å². The number of ether oxygens (including phenoxy) is 1. The molecule has 3 nitrogen and oxygen atoms in total. The highest BCUT2D eigenvalue weighted by Crippen LogP contribution is 2.29. The minimum atomic E-state index is -1.06. The molecular weight excluding hydrogens is 326 g/mol. The molecule has 0 aliphatic heterocycles. The largest absolute Gasteiger partial charge is 0.384 e. The van der Waals surface area contributed by atoms with Crippen LogP contribution >= 0.6 is 0 Å². The van der Waals surface area contributed by atoms with Gasteiger partial charge in [-0.2, -0.15) is 0 Å². The Bertz CT molecular complexity index is 821. The van der Waals surface area contributed by atoms with E-state index in [2.05, 4.69) is 36.3 Å². The summed E-state index contributed by atoms with van der Waals surface area (Å²) in [6.07, 6.45) is 1.42. The van der Waals surface area contributed by atoms with Crippen LogP contribution < -0.4 is 0 Å². The third kappa shape index (κ3) is 4.40. The molecule has 0 amide bonds. The van der Waals surface area contributed by atoms with Crippen LogP contribution in [0.15, 0.2) is 60.8 Å². The molecule has 0 bridgehead atoms. The molecular formula is C21H27NO2Si. The highest BCUT2D eigenvalue weighted by Gasteiger charge is 2.15. The lowest BCUT2D eigenvalue weighted by molar-refractivity contribution is 0.0902. The van der Waals surface area contributed by atoms with Crippen LogP contribution in [0.5, 0.6) is 0 Å². The first kappa shape index (κ1) is 17.9. The van der Waals surface area contributed by atoms with Crippen molar-refractivity contribution in [3.63, 3.8) is 0 Å². The highest BCUT2D eigenvalue weighted by molar-refractivity contribution is 6.76. The molecule has 0 aliphatic carbocycles. The van der Waals surface area contributed by atoms with Gasteiger partial charge in [0.2, 0.25) is 0 Å². The Balaban J connectivity index is 1.78. The van der Waals surface area contributed by atoms with Crippen LogP contribution in [0.1, 0.15) is 17.2 Å². The topological polar surface area (TPSA) is 34.4 Å². The van der Waals surface area contributed by atoms with E-state index in [1.165, 1.54) is 6.04 Å². The van der Waals surface area contributed by atoms with Crippen LogP contribution in [-0.2, 0) is 11.5 Å². The van der Waals surface area contributed by atoms with Crippen molar-refractivity contribution in [1.82, 2.24) is 4.57 Å². The summed E-state index contributed by atoms with van der Waals surface area (Å²) in [6, 6.07) is 19.1. The van der Waals surface area contributed by atoms with Gasteiger partial charge in [-0.05, 0) is 29.3 Å². The first-order chi connectivity index (χ1) is 12.0. The molecule has 3 aromatic rings. The zero-order chi connectivity index (χ0) is 17.9. The lowest BCUT2D eigenvalue weighted by Crippen LogP contribution is -2.21. The average molecular weight is 354 g/mol. The zero-order valence-corrected chi connectivity index (χ0v) is 16.3. The number of aromatic nitrogens is 1. The summed E-state index contributed by atoms with van der Waals surface area (Å²) in [5, 5.41) is 11.8. The van der Waals surface area contributed by atoms with Crippen molar-refractivity contribution in [2.75, 3.05) is 6.61 Å². The molecule has 2 aromatic carbocycles. The molecule has 0 saturated heterocycles. The van der Waals surface area contributed by atoms with Gasteiger partial charge >= 0.3 is 0 Å². The number of hydrogen-bond acceptors (Lipinski definition) is 2. The second-order valence-corrected chi connectivity index (χ2v) is 13.3. The molecule has 3 rings (SSSR count). The quantitative estimate of drug-likeness (QED) is 0.477. The van der Waals surface area contributed by atoms with Crippen molar-refractivity contribution in [3.05, 3.63) is 71.9 Å². The van der Waals surface area contributed by atoms with Gasteiger partial charge in [-0.1, -0.05) is 62.1 Å². The second kappa shape index (κ2) is 7.56. The van der Waals surface area contributed by atoms with Crippen molar-refractivity contribution in [2.24, 2.45) is 0 Å². The molecule has 1 aromatic heterocycles. The number of nitrogens with zero attached hydrogens (tertiary/aromatic N) is 1. The Hall–Kier alpha value is -1.88. The molecule has 0 saturated carbocycles. The normalized spacial score (nSPS) is 13.3. The van der Waals surface area contributed by atoms with Gasteiger partial charge in [-0.25, -0.2) is 0 Å². The zero-order valence-electron chi connectivity index (χ0n) is 15.3. The van der Waals surface area contributed by atoms with Gasteiger partial charge in [0.25, 0.3) is 0 Å². The van der Waals surface area contributed by atoms with Gasteiger partial charge < -0.3 is 14.4 Å². The van der Waals surface area contributed by atoms with Crippen molar-refractivity contribution in [3.8, 4) is 0 Å². The van der Waals surface area contributed by atoms with Crippen LogP contribution in [0.3, 0.4) is 0 Å². The van der Waals surface area contributed by atoms with E-state index >= 15 is 0 Å². The van der Waals surface area contributed by atoms with E-state index in [4.69, 9.17) is 4.74 Å². The summed E-state index contributed by atoms with van der Waals surface area (Å²) in [7, 11) is -1.06. The Morgan fingerprint density at radius 1 is 1.00 bits per heavy atom. The van der Waals surface area contributed by atoms with Crippen LogP contribution in [0.25, 0.3) is 10.9 Å². The fraction of sp³-hybridized carbons (Fsp3) is 0.333. The van der Waals surface area contributed by atoms with Crippen LogP contribution in [0.2, 0.25) is 25.7 Å². The third-order valence-electron chi connectivity index (χ3n) is 4.48. The fourth-order valence-corrected chi connectivity index (χ4v) is 3.71. The van der Waals surface area contributed by atoms with Gasteiger partial charge in [0.1, 0.15) is 12.8 Å². The van der Waals surface area contributed by atoms with Gasteiger partial charge in [0, 0.05) is 26.3 Å². The van der Waals surface area contributed by atoms with Crippen molar-refractivity contribution in [1.29, 1.82) is 0 Å². The molecule has 0 radical (unpaired) electrons. The third-order valence-corrected chi connectivity index (χ3v) is 6.19. The Morgan fingerprint density at radius 2 is 1.76 bits per heavy atom. The van der Waals surface area contributed by atoms with E-state index < -0.39 is 14.2 Å². The maximum Gasteiger partial charge on any atom is 0.122 e. The standard InChI is InChI=1S/C21H27NO2Si/c1-25(2,3)15-14-24-16-22-13-12-18-19(10-7-11-20(18)22)21(23)17-8-5-4-6-9-17/h4-13,21,23H,14-16H2,1-3H3. The molecule has 4 heteroatoms.